The largest absolute Gasteiger partial charge is 0.385 e. The van der Waals surface area contributed by atoms with Crippen LogP contribution in [0.3, 0.4) is 0 Å². The first-order valence-corrected chi connectivity index (χ1v) is 5.43. The van der Waals surface area contributed by atoms with Crippen LogP contribution in [0.1, 0.15) is 26.7 Å². The van der Waals surface area contributed by atoms with Crippen molar-refractivity contribution in [2.24, 2.45) is 5.92 Å². The van der Waals surface area contributed by atoms with Gasteiger partial charge < -0.3 is 5.32 Å². The fraction of sp³-hybridized carbons (Fsp3) is 0.500. The van der Waals surface area contributed by atoms with Gasteiger partial charge in [-0.25, -0.2) is 13.2 Å². The van der Waals surface area contributed by atoms with Gasteiger partial charge in [-0.15, -0.1) is 0 Å². The van der Waals surface area contributed by atoms with E-state index in [9.17, 15) is 13.2 Å². The molecule has 4 heteroatoms. The van der Waals surface area contributed by atoms with Crippen molar-refractivity contribution in [1.29, 1.82) is 0 Å². The molecule has 1 rings (SSSR count). The normalized spacial score (nSPS) is 12.6. The fourth-order valence-corrected chi connectivity index (χ4v) is 1.54. The van der Waals surface area contributed by atoms with E-state index in [-0.39, 0.29) is 5.69 Å². The van der Waals surface area contributed by atoms with E-state index in [0.29, 0.717) is 12.5 Å². The summed E-state index contributed by atoms with van der Waals surface area (Å²) in [5, 5.41) is 2.89. The average Bonchev–Trinajstić information content (AvgIpc) is 2.23. The van der Waals surface area contributed by atoms with Crippen LogP contribution in [0.5, 0.6) is 0 Å². The Morgan fingerprint density at radius 1 is 1.19 bits per heavy atom. The molecule has 0 saturated carbocycles. The quantitative estimate of drug-likeness (QED) is 0.756. The van der Waals surface area contributed by atoms with Crippen molar-refractivity contribution >= 4 is 5.69 Å². The smallest absolute Gasteiger partial charge is 0.194 e. The van der Waals surface area contributed by atoms with Crippen LogP contribution in [0, 0.1) is 23.4 Å². The first-order chi connectivity index (χ1) is 7.54. The second-order valence-electron chi connectivity index (χ2n) is 4.03. The molecule has 0 saturated heterocycles. The molecule has 1 aromatic rings. The van der Waals surface area contributed by atoms with E-state index in [2.05, 4.69) is 12.2 Å². The molecule has 0 amide bonds. The Kier molecular flexibility index (Phi) is 4.65. The maximum atomic E-state index is 12.9. The summed E-state index contributed by atoms with van der Waals surface area (Å²) in [6.45, 7) is 4.75. The Hall–Kier alpha value is -1.19. The highest BCUT2D eigenvalue weighted by molar-refractivity contribution is 5.44. The number of hydrogen-bond acceptors (Lipinski definition) is 1. The third-order valence-corrected chi connectivity index (χ3v) is 2.42. The molecule has 1 aromatic carbocycles. The minimum absolute atomic E-state index is 0.277. The maximum absolute atomic E-state index is 12.9. The number of halogens is 3. The molecule has 16 heavy (non-hydrogen) atoms. The van der Waals surface area contributed by atoms with Crippen molar-refractivity contribution in [1.82, 2.24) is 0 Å². The van der Waals surface area contributed by atoms with Gasteiger partial charge in [0.05, 0.1) is 0 Å². The molecular formula is C12H16F3N. The topological polar surface area (TPSA) is 12.0 Å². The van der Waals surface area contributed by atoms with Gasteiger partial charge >= 0.3 is 0 Å². The number of anilines is 1. The summed E-state index contributed by atoms with van der Waals surface area (Å²) < 4.78 is 38.4. The van der Waals surface area contributed by atoms with E-state index in [4.69, 9.17) is 0 Å². The highest BCUT2D eigenvalue weighted by Crippen LogP contribution is 2.18. The third kappa shape index (κ3) is 3.43. The van der Waals surface area contributed by atoms with Gasteiger partial charge in [0.2, 0.25) is 0 Å². The van der Waals surface area contributed by atoms with E-state index < -0.39 is 17.5 Å². The van der Waals surface area contributed by atoms with Gasteiger partial charge in [-0.2, -0.15) is 0 Å². The standard InChI is InChI=1S/C12H16F3N/c1-3-4-8(2)7-16-9-5-10(13)12(15)11(14)6-9/h5-6,8,16H,3-4,7H2,1-2H3. The second-order valence-corrected chi connectivity index (χ2v) is 4.03. The van der Waals surface area contributed by atoms with Gasteiger partial charge in [0.1, 0.15) is 0 Å². The number of hydrogen-bond donors (Lipinski definition) is 1. The van der Waals surface area contributed by atoms with Crippen molar-refractivity contribution < 1.29 is 13.2 Å². The molecule has 1 atom stereocenters. The van der Waals surface area contributed by atoms with Crippen LogP contribution in [0.4, 0.5) is 18.9 Å². The summed E-state index contributed by atoms with van der Waals surface area (Å²) in [6, 6.07) is 1.94. The lowest BCUT2D eigenvalue weighted by Gasteiger charge is -2.12. The van der Waals surface area contributed by atoms with E-state index in [1.165, 1.54) is 0 Å². The number of benzene rings is 1. The van der Waals surface area contributed by atoms with Gasteiger partial charge in [0.15, 0.2) is 17.5 Å². The number of nitrogens with one attached hydrogen (secondary N) is 1. The average molecular weight is 231 g/mol. The lowest BCUT2D eigenvalue weighted by Crippen LogP contribution is -2.11. The molecular weight excluding hydrogens is 215 g/mol. The Morgan fingerprint density at radius 2 is 1.75 bits per heavy atom. The van der Waals surface area contributed by atoms with Crippen LogP contribution in [0.25, 0.3) is 0 Å². The highest BCUT2D eigenvalue weighted by Gasteiger charge is 2.10. The van der Waals surface area contributed by atoms with Crippen LogP contribution >= 0.6 is 0 Å². The van der Waals surface area contributed by atoms with Crippen molar-refractivity contribution in [2.75, 3.05) is 11.9 Å². The molecule has 0 heterocycles. The zero-order valence-electron chi connectivity index (χ0n) is 9.49. The molecule has 0 radical (unpaired) electrons. The molecule has 0 bridgehead atoms. The molecule has 1 unspecified atom stereocenters. The number of rotatable bonds is 5. The van der Waals surface area contributed by atoms with E-state index in [1.807, 2.05) is 6.92 Å². The van der Waals surface area contributed by atoms with Crippen LogP contribution in [0.15, 0.2) is 12.1 Å². The molecule has 0 aliphatic carbocycles. The lowest BCUT2D eigenvalue weighted by molar-refractivity contribution is 0.447. The van der Waals surface area contributed by atoms with Crippen molar-refractivity contribution in [3.63, 3.8) is 0 Å². The molecule has 0 aliphatic heterocycles. The summed E-state index contributed by atoms with van der Waals surface area (Å²) in [7, 11) is 0. The highest BCUT2D eigenvalue weighted by atomic mass is 19.2. The van der Waals surface area contributed by atoms with E-state index in [1.54, 1.807) is 0 Å². The Labute approximate surface area is 93.7 Å². The Bertz CT molecular complexity index is 329. The van der Waals surface area contributed by atoms with Crippen molar-refractivity contribution in [3.8, 4) is 0 Å². The van der Waals surface area contributed by atoms with Crippen LogP contribution in [-0.2, 0) is 0 Å². The predicted octanol–water partition coefficient (Wildman–Crippen LogP) is 3.95. The Morgan fingerprint density at radius 3 is 2.25 bits per heavy atom. The summed E-state index contributed by atoms with van der Waals surface area (Å²) in [4.78, 5) is 0. The van der Waals surface area contributed by atoms with Gasteiger partial charge in [0, 0.05) is 24.4 Å². The monoisotopic (exact) mass is 231 g/mol. The van der Waals surface area contributed by atoms with Crippen LogP contribution < -0.4 is 5.32 Å². The summed E-state index contributed by atoms with van der Waals surface area (Å²) in [5.41, 5.74) is 0.277. The molecule has 0 spiro atoms. The Balaban J connectivity index is 2.61. The van der Waals surface area contributed by atoms with Gasteiger partial charge in [-0.05, 0) is 12.3 Å². The zero-order chi connectivity index (χ0) is 12.1. The van der Waals surface area contributed by atoms with Crippen LogP contribution in [0.2, 0.25) is 0 Å². The van der Waals surface area contributed by atoms with E-state index >= 15 is 0 Å². The van der Waals surface area contributed by atoms with Gasteiger partial charge in [0.25, 0.3) is 0 Å². The second kappa shape index (κ2) is 5.77. The molecule has 1 nitrogen and oxygen atoms in total. The van der Waals surface area contributed by atoms with Crippen molar-refractivity contribution in [2.45, 2.75) is 26.7 Å². The molecule has 0 aliphatic rings. The zero-order valence-corrected chi connectivity index (χ0v) is 9.49. The summed E-state index contributed by atoms with van der Waals surface area (Å²) in [5.74, 6) is -3.33. The van der Waals surface area contributed by atoms with Crippen LogP contribution in [-0.4, -0.2) is 6.54 Å². The third-order valence-electron chi connectivity index (χ3n) is 2.42. The summed E-state index contributed by atoms with van der Waals surface area (Å²) in [6.07, 6.45) is 2.11. The summed E-state index contributed by atoms with van der Waals surface area (Å²) >= 11 is 0. The molecule has 1 N–H and O–H groups in total. The van der Waals surface area contributed by atoms with E-state index in [0.717, 1.165) is 25.0 Å². The van der Waals surface area contributed by atoms with Gasteiger partial charge in [-0.3, -0.25) is 0 Å². The fourth-order valence-electron chi connectivity index (χ4n) is 1.54. The van der Waals surface area contributed by atoms with Crippen molar-refractivity contribution in [3.05, 3.63) is 29.6 Å². The first kappa shape index (κ1) is 12.9. The van der Waals surface area contributed by atoms with Gasteiger partial charge in [-0.1, -0.05) is 20.3 Å². The maximum Gasteiger partial charge on any atom is 0.194 e. The SMILES string of the molecule is CCCC(C)CNc1cc(F)c(F)c(F)c1. The molecule has 0 fully saturated rings. The lowest BCUT2D eigenvalue weighted by atomic mass is 10.1. The molecule has 0 aromatic heterocycles. The predicted molar refractivity (Wildman–Crippen MR) is 58.9 cm³/mol. The molecule has 90 valence electrons. The minimum Gasteiger partial charge on any atom is -0.385 e. The first-order valence-electron chi connectivity index (χ1n) is 5.43. The minimum atomic E-state index is -1.42.